The van der Waals surface area contributed by atoms with Crippen molar-refractivity contribution < 1.29 is 28.6 Å². The van der Waals surface area contributed by atoms with Crippen molar-refractivity contribution in [2.24, 2.45) is 52.3 Å². The van der Waals surface area contributed by atoms with E-state index in [0.29, 0.717) is 24.2 Å². The molecule has 7 heteroatoms. The highest BCUT2D eigenvalue weighted by atomic mass is 16.5. The van der Waals surface area contributed by atoms with E-state index < -0.39 is 0 Å². The van der Waals surface area contributed by atoms with Crippen molar-refractivity contribution >= 4 is 17.9 Å². The number of hydrogen-bond acceptors (Lipinski definition) is 7. The van der Waals surface area contributed by atoms with Crippen molar-refractivity contribution in [2.45, 2.75) is 112 Å². The molecule has 0 saturated heterocycles. The number of hydrogen-bond donors (Lipinski definition) is 0. The van der Waals surface area contributed by atoms with Crippen LogP contribution >= 0.6 is 0 Å². The lowest BCUT2D eigenvalue weighted by molar-refractivity contribution is -0.221. The van der Waals surface area contributed by atoms with E-state index in [-0.39, 0.29) is 64.6 Å². The first-order valence-electron chi connectivity index (χ1n) is 15.3. The Morgan fingerprint density at radius 2 is 1.70 bits per heavy atom. The lowest BCUT2D eigenvalue weighted by Gasteiger charge is -2.64. The van der Waals surface area contributed by atoms with E-state index in [9.17, 15) is 19.6 Å². The molecule has 0 spiro atoms. The van der Waals surface area contributed by atoms with Gasteiger partial charge in [0.1, 0.15) is 12.2 Å². The fraction of sp³-hybridized carbons (Fsp3) is 0.818. The van der Waals surface area contributed by atoms with Gasteiger partial charge in [-0.05, 0) is 99.2 Å². The summed E-state index contributed by atoms with van der Waals surface area (Å²) in [5.74, 6) is 1.41. The third kappa shape index (κ3) is 5.44. The average molecular weight is 556 g/mol. The molecule has 222 valence electrons. The molecule has 0 aliphatic heterocycles. The number of fused-ring (bicyclic) bond motifs is 5. The van der Waals surface area contributed by atoms with Crippen molar-refractivity contribution in [3.63, 3.8) is 0 Å². The minimum absolute atomic E-state index is 0.0546. The van der Waals surface area contributed by atoms with E-state index >= 15 is 0 Å². The van der Waals surface area contributed by atoms with Gasteiger partial charge in [0.2, 0.25) is 0 Å². The molecule has 0 unspecified atom stereocenters. The topological polar surface area (TPSA) is 103 Å². The summed E-state index contributed by atoms with van der Waals surface area (Å²) in [5.41, 5.74) is 0.941. The quantitative estimate of drug-likeness (QED) is 0.203. The highest BCUT2D eigenvalue weighted by Crippen LogP contribution is 2.69. The van der Waals surface area contributed by atoms with Crippen LogP contribution in [0.2, 0.25) is 0 Å². The Morgan fingerprint density at radius 1 is 1.00 bits per heavy atom. The lowest BCUT2D eigenvalue weighted by atomic mass is 9.42. The molecule has 4 aliphatic rings. The van der Waals surface area contributed by atoms with Crippen molar-refractivity contribution in [3.05, 3.63) is 11.6 Å². The summed E-state index contributed by atoms with van der Waals surface area (Å²) in [7, 11) is 1.43. The van der Waals surface area contributed by atoms with Gasteiger partial charge >= 0.3 is 17.9 Å². The van der Waals surface area contributed by atoms with Crippen LogP contribution in [0.1, 0.15) is 99.3 Å². The van der Waals surface area contributed by atoms with E-state index in [1.807, 2.05) is 0 Å². The maximum absolute atomic E-state index is 12.5. The number of nitriles is 1. The number of ether oxygens (including phenoxy) is 3. The van der Waals surface area contributed by atoms with Crippen molar-refractivity contribution in [2.75, 3.05) is 7.11 Å². The molecule has 0 aromatic carbocycles. The zero-order valence-electron chi connectivity index (χ0n) is 25.5. The van der Waals surface area contributed by atoms with Crippen LogP contribution in [0.5, 0.6) is 0 Å². The fourth-order valence-corrected chi connectivity index (χ4v) is 10.1. The highest BCUT2D eigenvalue weighted by Gasteiger charge is 2.67. The van der Waals surface area contributed by atoms with Crippen LogP contribution in [-0.4, -0.2) is 37.2 Å². The van der Waals surface area contributed by atoms with E-state index in [1.54, 1.807) is 6.08 Å². The van der Waals surface area contributed by atoms with Crippen LogP contribution in [0.15, 0.2) is 11.6 Å². The first kappa shape index (κ1) is 30.6. The van der Waals surface area contributed by atoms with Gasteiger partial charge in [0.15, 0.2) is 0 Å². The molecule has 7 nitrogen and oxygen atoms in total. The number of rotatable bonds is 7. The summed E-state index contributed by atoms with van der Waals surface area (Å²) < 4.78 is 17.3. The van der Waals surface area contributed by atoms with Crippen LogP contribution in [0.25, 0.3) is 0 Å². The molecule has 0 aromatic rings. The molecule has 0 bridgehead atoms. The molecule has 40 heavy (non-hydrogen) atoms. The summed E-state index contributed by atoms with van der Waals surface area (Å²) in [6.45, 7) is 12.0. The molecule has 4 aliphatic carbocycles. The molecule has 4 rings (SSSR count). The molecule has 4 fully saturated rings. The molecule has 0 amide bonds. The summed E-state index contributed by atoms with van der Waals surface area (Å²) in [5, 5.41) is 9.24. The van der Waals surface area contributed by atoms with Crippen LogP contribution in [0.3, 0.4) is 0 Å². The van der Waals surface area contributed by atoms with Gasteiger partial charge in [-0.2, -0.15) is 5.26 Å². The molecular weight excluding hydrogens is 506 g/mol. The van der Waals surface area contributed by atoms with Gasteiger partial charge in [0.25, 0.3) is 0 Å². The normalized spacial score (nSPS) is 41.4. The maximum Gasteiger partial charge on any atom is 0.305 e. The number of esters is 3. The third-order valence-corrected chi connectivity index (χ3v) is 12.1. The van der Waals surface area contributed by atoms with Gasteiger partial charge < -0.3 is 14.2 Å². The van der Waals surface area contributed by atoms with Crippen molar-refractivity contribution in [3.8, 4) is 6.07 Å². The van der Waals surface area contributed by atoms with Crippen molar-refractivity contribution in [1.82, 2.24) is 0 Å². The fourth-order valence-electron chi connectivity index (χ4n) is 10.1. The van der Waals surface area contributed by atoms with E-state index in [4.69, 9.17) is 14.2 Å². The Balaban J connectivity index is 1.71. The third-order valence-electron chi connectivity index (χ3n) is 12.1. The van der Waals surface area contributed by atoms with Crippen LogP contribution in [0, 0.1) is 63.6 Å². The van der Waals surface area contributed by atoms with Gasteiger partial charge in [0, 0.05) is 37.7 Å². The molecular formula is C33H49NO6. The zero-order chi connectivity index (χ0) is 29.4. The predicted octanol–water partition coefficient (Wildman–Crippen LogP) is 6.40. The maximum atomic E-state index is 12.5. The van der Waals surface area contributed by atoms with E-state index in [0.717, 1.165) is 56.9 Å². The molecule has 11 atom stereocenters. The van der Waals surface area contributed by atoms with Gasteiger partial charge in [-0.15, -0.1) is 0 Å². The van der Waals surface area contributed by atoms with E-state index in [2.05, 4.69) is 33.8 Å². The Bertz CT molecular complexity index is 1060. The Kier molecular flexibility index (Phi) is 9.07. The molecule has 4 saturated carbocycles. The average Bonchev–Trinajstić information content (AvgIpc) is 3.25. The lowest BCUT2D eigenvalue weighted by Crippen LogP contribution is -2.63. The Morgan fingerprint density at radius 3 is 2.33 bits per heavy atom. The van der Waals surface area contributed by atoms with Gasteiger partial charge in [-0.1, -0.05) is 26.3 Å². The first-order valence-corrected chi connectivity index (χ1v) is 15.3. The molecule has 0 aromatic heterocycles. The number of carbonyl (C=O) groups is 3. The molecule has 0 heterocycles. The summed E-state index contributed by atoms with van der Waals surface area (Å²) >= 11 is 0. The predicted molar refractivity (Wildman–Crippen MR) is 150 cm³/mol. The van der Waals surface area contributed by atoms with Gasteiger partial charge in [-0.25, -0.2) is 0 Å². The van der Waals surface area contributed by atoms with Crippen LogP contribution in [-0.2, 0) is 28.6 Å². The number of allylic oxidation sites excluding steroid dienone is 2. The Labute approximate surface area is 240 Å². The number of nitrogens with zero attached hydrogens (tertiary/aromatic N) is 1. The van der Waals surface area contributed by atoms with Gasteiger partial charge in [0.05, 0.1) is 13.2 Å². The monoisotopic (exact) mass is 555 g/mol. The van der Waals surface area contributed by atoms with Crippen molar-refractivity contribution in [1.29, 1.82) is 5.26 Å². The van der Waals surface area contributed by atoms with E-state index in [1.165, 1.54) is 21.0 Å². The van der Waals surface area contributed by atoms with Gasteiger partial charge in [-0.3, -0.25) is 14.4 Å². The second-order valence-electron chi connectivity index (χ2n) is 13.8. The second-order valence-corrected chi connectivity index (χ2v) is 13.8. The zero-order valence-corrected chi connectivity index (χ0v) is 25.5. The SMILES string of the molecule is COC(=O)CC[C@@H](C)[C@H]1CC[C@H]2[C@@H]3[C@H](OC(C)=O)C[C@@H]4C[C@@H](/C(C)=C/C#N)CC[C@]4(C)[C@H]3C[C@H](OC(C)=O)[C@]12C. The highest BCUT2D eigenvalue weighted by molar-refractivity contribution is 5.69. The standard InChI is InChI=1S/C33H49NO6/c1-19(13-15-34)23-12-14-32(5)24(16-23)17-28(39-21(3)35)31-26-10-9-25(20(2)8-11-30(37)38-7)33(26,6)29(18-27(31)32)40-22(4)36/h13,20,23-29,31H,8-12,14,16-18H2,1-7H3/b19-13+/t20-,23+,24+,25-,26+,27+,28-,29+,31+,32+,33-/m1/s1. The summed E-state index contributed by atoms with van der Waals surface area (Å²) in [6.07, 6.45) is 9.18. The Hall–Kier alpha value is -2.36. The number of methoxy groups -OCH3 is 1. The minimum Gasteiger partial charge on any atom is -0.469 e. The smallest absolute Gasteiger partial charge is 0.305 e. The largest absolute Gasteiger partial charge is 0.469 e. The first-order chi connectivity index (χ1) is 18.9. The summed E-state index contributed by atoms with van der Waals surface area (Å²) in [4.78, 5) is 36.9. The van der Waals surface area contributed by atoms with Crippen LogP contribution < -0.4 is 0 Å². The molecule has 0 radical (unpaired) electrons. The summed E-state index contributed by atoms with van der Waals surface area (Å²) in [6, 6.07) is 2.21. The molecule has 0 N–H and O–H groups in total. The number of carbonyl (C=O) groups excluding carboxylic acids is 3. The van der Waals surface area contributed by atoms with Crippen LogP contribution in [0.4, 0.5) is 0 Å². The second kappa shape index (κ2) is 11.9. The minimum atomic E-state index is -0.257.